The van der Waals surface area contributed by atoms with Crippen LogP contribution < -0.4 is 5.32 Å². The van der Waals surface area contributed by atoms with Crippen LogP contribution in [0.5, 0.6) is 0 Å². The van der Waals surface area contributed by atoms with E-state index in [9.17, 15) is 4.79 Å². The molecule has 0 aliphatic carbocycles. The van der Waals surface area contributed by atoms with Crippen LogP contribution in [0, 0.1) is 6.92 Å². The van der Waals surface area contributed by atoms with E-state index >= 15 is 0 Å². The summed E-state index contributed by atoms with van der Waals surface area (Å²) < 4.78 is 1.89. The topological polar surface area (TPSA) is 34.0 Å². The molecule has 13 heavy (non-hydrogen) atoms. The summed E-state index contributed by atoms with van der Waals surface area (Å²) in [4.78, 5) is 11.5. The minimum absolute atomic E-state index is 0.0115. The Morgan fingerprint density at radius 3 is 2.69 bits per heavy atom. The SMILES string of the molecule is CCCNC(=O)c1ccc(C)n1C. The van der Waals surface area contributed by atoms with Crippen molar-refractivity contribution in [2.24, 2.45) is 7.05 Å². The largest absolute Gasteiger partial charge is 0.351 e. The molecular weight excluding hydrogens is 164 g/mol. The van der Waals surface area contributed by atoms with E-state index in [2.05, 4.69) is 5.32 Å². The van der Waals surface area contributed by atoms with Crippen molar-refractivity contribution in [1.29, 1.82) is 0 Å². The maximum absolute atomic E-state index is 11.5. The smallest absolute Gasteiger partial charge is 0.267 e. The summed E-state index contributed by atoms with van der Waals surface area (Å²) in [6, 6.07) is 3.79. The van der Waals surface area contributed by atoms with E-state index in [4.69, 9.17) is 0 Å². The highest BCUT2D eigenvalue weighted by Crippen LogP contribution is 2.05. The standard InChI is InChI=1S/C10H16N2O/c1-4-7-11-10(13)9-6-5-8(2)12(9)3/h5-6H,4,7H2,1-3H3,(H,11,13). The van der Waals surface area contributed by atoms with Gasteiger partial charge in [0, 0.05) is 19.3 Å². The van der Waals surface area contributed by atoms with Crippen molar-refractivity contribution in [3.05, 3.63) is 23.5 Å². The molecule has 0 radical (unpaired) electrons. The monoisotopic (exact) mass is 180 g/mol. The molecule has 1 rings (SSSR count). The fourth-order valence-corrected chi connectivity index (χ4v) is 1.17. The zero-order valence-corrected chi connectivity index (χ0v) is 8.42. The molecule has 1 heterocycles. The molecule has 1 N–H and O–H groups in total. The van der Waals surface area contributed by atoms with Crippen LogP contribution in [-0.4, -0.2) is 17.0 Å². The molecule has 3 nitrogen and oxygen atoms in total. The van der Waals surface area contributed by atoms with Gasteiger partial charge in [-0.2, -0.15) is 0 Å². The quantitative estimate of drug-likeness (QED) is 0.751. The number of hydrogen-bond donors (Lipinski definition) is 1. The molecule has 0 aromatic carbocycles. The van der Waals surface area contributed by atoms with E-state index in [-0.39, 0.29) is 5.91 Å². The zero-order valence-electron chi connectivity index (χ0n) is 8.42. The van der Waals surface area contributed by atoms with Gasteiger partial charge in [0.15, 0.2) is 0 Å². The first-order valence-electron chi connectivity index (χ1n) is 4.57. The molecule has 3 heteroatoms. The molecule has 0 aliphatic heterocycles. The fourth-order valence-electron chi connectivity index (χ4n) is 1.17. The van der Waals surface area contributed by atoms with Crippen LogP contribution in [0.15, 0.2) is 12.1 Å². The Bertz CT molecular complexity index is 302. The highest BCUT2D eigenvalue weighted by Gasteiger charge is 2.08. The van der Waals surface area contributed by atoms with Crippen LogP contribution in [0.4, 0.5) is 0 Å². The maximum atomic E-state index is 11.5. The van der Waals surface area contributed by atoms with Gasteiger partial charge in [-0.15, -0.1) is 0 Å². The van der Waals surface area contributed by atoms with E-state index in [1.54, 1.807) is 0 Å². The third-order valence-corrected chi connectivity index (χ3v) is 2.14. The van der Waals surface area contributed by atoms with Gasteiger partial charge in [-0.1, -0.05) is 6.92 Å². The highest BCUT2D eigenvalue weighted by molar-refractivity contribution is 5.92. The summed E-state index contributed by atoms with van der Waals surface area (Å²) in [6.07, 6.45) is 0.967. The minimum Gasteiger partial charge on any atom is -0.351 e. The summed E-state index contributed by atoms with van der Waals surface area (Å²) in [5.41, 5.74) is 1.83. The second-order valence-electron chi connectivity index (χ2n) is 3.17. The van der Waals surface area contributed by atoms with Crippen LogP contribution in [0.25, 0.3) is 0 Å². The van der Waals surface area contributed by atoms with Crippen molar-refractivity contribution >= 4 is 5.91 Å². The molecule has 0 spiro atoms. The Morgan fingerprint density at radius 2 is 2.23 bits per heavy atom. The Hall–Kier alpha value is -1.25. The number of nitrogens with zero attached hydrogens (tertiary/aromatic N) is 1. The van der Waals surface area contributed by atoms with E-state index in [1.807, 2.05) is 37.6 Å². The lowest BCUT2D eigenvalue weighted by atomic mass is 10.4. The first-order chi connectivity index (χ1) is 6.16. The molecule has 0 unspecified atom stereocenters. The van der Waals surface area contributed by atoms with Crippen molar-refractivity contribution in [1.82, 2.24) is 9.88 Å². The summed E-state index contributed by atoms with van der Waals surface area (Å²) in [6.45, 7) is 4.76. The summed E-state index contributed by atoms with van der Waals surface area (Å²) in [5.74, 6) is 0.0115. The van der Waals surface area contributed by atoms with Crippen molar-refractivity contribution in [3.63, 3.8) is 0 Å². The number of rotatable bonds is 3. The maximum Gasteiger partial charge on any atom is 0.267 e. The predicted molar refractivity (Wildman–Crippen MR) is 52.8 cm³/mol. The van der Waals surface area contributed by atoms with Crippen LogP contribution in [0.2, 0.25) is 0 Å². The van der Waals surface area contributed by atoms with Crippen molar-refractivity contribution in [2.45, 2.75) is 20.3 Å². The third kappa shape index (κ3) is 2.11. The predicted octanol–water partition coefficient (Wildman–Crippen LogP) is 1.47. The lowest BCUT2D eigenvalue weighted by Crippen LogP contribution is -2.26. The summed E-state index contributed by atoms with van der Waals surface area (Å²) in [7, 11) is 1.90. The van der Waals surface area contributed by atoms with Gasteiger partial charge < -0.3 is 9.88 Å². The molecule has 0 saturated carbocycles. The molecule has 1 aromatic heterocycles. The Morgan fingerprint density at radius 1 is 1.54 bits per heavy atom. The number of aryl methyl sites for hydroxylation is 1. The normalized spacial score (nSPS) is 10.1. The van der Waals surface area contributed by atoms with Gasteiger partial charge in [0.25, 0.3) is 5.91 Å². The molecule has 1 amide bonds. The Labute approximate surface area is 78.8 Å². The van der Waals surface area contributed by atoms with Crippen LogP contribution in [-0.2, 0) is 7.05 Å². The lowest BCUT2D eigenvalue weighted by Gasteiger charge is -2.05. The number of aromatic nitrogens is 1. The number of hydrogen-bond acceptors (Lipinski definition) is 1. The minimum atomic E-state index is 0.0115. The number of amides is 1. The Balaban J connectivity index is 2.71. The second kappa shape index (κ2) is 4.12. The van der Waals surface area contributed by atoms with Crippen LogP contribution in [0.1, 0.15) is 29.5 Å². The average molecular weight is 180 g/mol. The fraction of sp³-hybridized carbons (Fsp3) is 0.500. The number of nitrogens with one attached hydrogen (secondary N) is 1. The van der Waals surface area contributed by atoms with Gasteiger partial charge in [0.2, 0.25) is 0 Å². The number of carbonyl (C=O) groups is 1. The third-order valence-electron chi connectivity index (χ3n) is 2.14. The number of carbonyl (C=O) groups excluding carboxylic acids is 1. The van der Waals surface area contributed by atoms with E-state index in [0.29, 0.717) is 0 Å². The van der Waals surface area contributed by atoms with E-state index in [1.165, 1.54) is 0 Å². The van der Waals surface area contributed by atoms with Crippen molar-refractivity contribution in [2.75, 3.05) is 6.54 Å². The Kier molecular flexibility index (Phi) is 3.12. The molecule has 0 aliphatic rings. The van der Waals surface area contributed by atoms with Gasteiger partial charge >= 0.3 is 0 Å². The first-order valence-corrected chi connectivity index (χ1v) is 4.57. The molecule has 0 bridgehead atoms. The van der Waals surface area contributed by atoms with Gasteiger partial charge in [0.05, 0.1) is 0 Å². The second-order valence-corrected chi connectivity index (χ2v) is 3.17. The average Bonchev–Trinajstić information content (AvgIpc) is 2.44. The molecule has 0 atom stereocenters. The molecular formula is C10H16N2O. The van der Waals surface area contributed by atoms with Crippen molar-refractivity contribution < 1.29 is 4.79 Å². The molecule has 0 saturated heterocycles. The van der Waals surface area contributed by atoms with Crippen molar-refractivity contribution in [3.8, 4) is 0 Å². The summed E-state index contributed by atoms with van der Waals surface area (Å²) in [5, 5.41) is 2.84. The molecule has 0 fully saturated rings. The molecule has 1 aromatic rings. The first kappa shape index (κ1) is 9.84. The van der Waals surface area contributed by atoms with Gasteiger partial charge in [-0.3, -0.25) is 4.79 Å². The highest BCUT2D eigenvalue weighted by atomic mass is 16.1. The van der Waals surface area contributed by atoms with Crippen LogP contribution >= 0.6 is 0 Å². The van der Waals surface area contributed by atoms with Crippen LogP contribution in [0.3, 0.4) is 0 Å². The molecule has 72 valence electrons. The van der Waals surface area contributed by atoms with Gasteiger partial charge in [-0.05, 0) is 25.5 Å². The summed E-state index contributed by atoms with van der Waals surface area (Å²) >= 11 is 0. The van der Waals surface area contributed by atoms with E-state index in [0.717, 1.165) is 24.4 Å². The van der Waals surface area contributed by atoms with E-state index < -0.39 is 0 Å². The zero-order chi connectivity index (χ0) is 9.84. The van der Waals surface area contributed by atoms with Gasteiger partial charge in [0.1, 0.15) is 5.69 Å². The van der Waals surface area contributed by atoms with Gasteiger partial charge in [-0.25, -0.2) is 0 Å². The lowest BCUT2D eigenvalue weighted by molar-refractivity contribution is 0.0945.